The van der Waals surface area contributed by atoms with Gasteiger partial charge >= 0.3 is 5.97 Å². The lowest BCUT2D eigenvalue weighted by molar-refractivity contribution is 0.0513. The van der Waals surface area contributed by atoms with E-state index in [1.54, 1.807) is 28.9 Å². The highest BCUT2D eigenvalue weighted by atomic mass is 16.5. The van der Waals surface area contributed by atoms with E-state index < -0.39 is 5.97 Å². The standard InChI is InChI=1S/C25H31N5O3/c1-4-33-25(32)23-21-17-28(12-11-22(21)30(27-23)13-10-18(2)3)24(31)20-14-26-29(16-20)15-19-8-6-5-7-9-19/h5-9,14,16,18H,4,10-13,15,17H2,1-3H3. The number of fused-ring (bicyclic) bond motifs is 1. The van der Waals surface area contributed by atoms with Gasteiger partial charge in [-0.25, -0.2) is 4.79 Å². The molecule has 4 rings (SSSR count). The Morgan fingerprint density at radius 2 is 1.97 bits per heavy atom. The number of aryl methyl sites for hydroxylation is 1. The molecule has 8 nitrogen and oxygen atoms in total. The summed E-state index contributed by atoms with van der Waals surface area (Å²) in [6.07, 6.45) is 5.02. The molecular weight excluding hydrogens is 418 g/mol. The van der Waals surface area contributed by atoms with Crippen molar-refractivity contribution in [1.29, 1.82) is 0 Å². The van der Waals surface area contributed by atoms with Crippen molar-refractivity contribution >= 4 is 11.9 Å². The molecule has 3 heterocycles. The molecule has 33 heavy (non-hydrogen) atoms. The number of hydrogen-bond acceptors (Lipinski definition) is 5. The highest BCUT2D eigenvalue weighted by Crippen LogP contribution is 2.25. The fourth-order valence-electron chi connectivity index (χ4n) is 4.11. The van der Waals surface area contributed by atoms with Crippen LogP contribution in [0.2, 0.25) is 0 Å². The Labute approximate surface area is 194 Å². The van der Waals surface area contributed by atoms with Gasteiger partial charge in [-0.3, -0.25) is 14.2 Å². The van der Waals surface area contributed by atoms with Crippen LogP contribution in [0, 0.1) is 5.92 Å². The van der Waals surface area contributed by atoms with Crippen molar-refractivity contribution in [2.24, 2.45) is 5.92 Å². The van der Waals surface area contributed by atoms with E-state index in [2.05, 4.69) is 24.0 Å². The Bertz CT molecular complexity index is 1120. The van der Waals surface area contributed by atoms with Gasteiger partial charge in [-0.15, -0.1) is 0 Å². The van der Waals surface area contributed by atoms with Gasteiger partial charge in [-0.1, -0.05) is 44.2 Å². The van der Waals surface area contributed by atoms with Crippen LogP contribution >= 0.6 is 0 Å². The SMILES string of the molecule is CCOC(=O)c1nn(CCC(C)C)c2c1CN(C(=O)c1cnn(Cc3ccccc3)c1)CC2. The molecule has 0 aliphatic carbocycles. The molecule has 0 N–H and O–H groups in total. The van der Waals surface area contributed by atoms with Crippen molar-refractivity contribution in [3.8, 4) is 0 Å². The van der Waals surface area contributed by atoms with Crippen molar-refractivity contribution in [2.45, 2.75) is 53.2 Å². The van der Waals surface area contributed by atoms with Crippen LogP contribution in [0.3, 0.4) is 0 Å². The molecule has 3 aromatic rings. The van der Waals surface area contributed by atoms with Gasteiger partial charge in [0, 0.05) is 37.0 Å². The summed E-state index contributed by atoms with van der Waals surface area (Å²) < 4.78 is 8.94. The van der Waals surface area contributed by atoms with E-state index in [-0.39, 0.29) is 12.5 Å². The first-order valence-corrected chi connectivity index (χ1v) is 11.6. The lowest BCUT2D eigenvalue weighted by Crippen LogP contribution is -2.36. The summed E-state index contributed by atoms with van der Waals surface area (Å²) >= 11 is 0. The van der Waals surface area contributed by atoms with Gasteiger partial charge in [-0.05, 0) is 24.8 Å². The van der Waals surface area contributed by atoms with Crippen LogP contribution in [0.15, 0.2) is 42.7 Å². The summed E-state index contributed by atoms with van der Waals surface area (Å²) in [7, 11) is 0. The Hall–Kier alpha value is -3.42. The molecule has 0 bridgehead atoms. The summed E-state index contributed by atoms with van der Waals surface area (Å²) in [5, 5.41) is 8.95. The van der Waals surface area contributed by atoms with E-state index in [4.69, 9.17) is 4.74 Å². The molecular formula is C25H31N5O3. The number of carbonyl (C=O) groups excluding carboxylic acids is 2. The van der Waals surface area contributed by atoms with Crippen LogP contribution in [0.4, 0.5) is 0 Å². The second kappa shape index (κ2) is 10.0. The molecule has 0 saturated heterocycles. The van der Waals surface area contributed by atoms with Crippen LogP contribution in [0.5, 0.6) is 0 Å². The number of ether oxygens (including phenoxy) is 1. The smallest absolute Gasteiger partial charge is 0.359 e. The minimum absolute atomic E-state index is 0.0929. The van der Waals surface area contributed by atoms with Gasteiger partial charge in [0.05, 0.1) is 31.5 Å². The first kappa shape index (κ1) is 22.8. The lowest BCUT2D eigenvalue weighted by atomic mass is 10.0. The minimum atomic E-state index is -0.429. The average molecular weight is 450 g/mol. The summed E-state index contributed by atoms with van der Waals surface area (Å²) in [6, 6.07) is 10.0. The van der Waals surface area contributed by atoms with Crippen LogP contribution < -0.4 is 0 Å². The summed E-state index contributed by atoms with van der Waals surface area (Å²) in [6.45, 7) is 8.67. The number of nitrogens with zero attached hydrogens (tertiary/aromatic N) is 5. The van der Waals surface area contributed by atoms with Crippen LogP contribution in [-0.2, 0) is 30.8 Å². The monoisotopic (exact) mass is 449 g/mol. The molecule has 0 atom stereocenters. The van der Waals surface area contributed by atoms with Crippen LogP contribution in [0.25, 0.3) is 0 Å². The third-order valence-corrected chi connectivity index (χ3v) is 5.88. The van der Waals surface area contributed by atoms with Crippen molar-refractivity contribution in [1.82, 2.24) is 24.5 Å². The largest absolute Gasteiger partial charge is 0.461 e. The highest BCUT2D eigenvalue weighted by molar-refractivity contribution is 5.94. The minimum Gasteiger partial charge on any atom is -0.461 e. The molecule has 0 saturated carbocycles. The maximum Gasteiger partial charge on any atom is 0.359 e. The molecule has 0 radical (unpaired) electrons. The maximum absolute atomic E-state index is 13.2. The number of amides is 1. The number of benzene rings is 1. The van der Waals surface area contributed by atoms with Gasteiger partial charge < -0.3 is 9.64 Å². The predicted octanol–water partition coefficient (Wildman–Crippen LogP) is 3.55. The van der Waals surface area contributed by atoms with E-state index >= 15 is 0 Å². The molecule has 0 unspecified atom stereocenters. The van der Waals surface area contributed by atoms with E-state index in [1.807, 2.05) is 35.0 Å². The van der Waals surface area contributed by atoms with Gasteiger partial charge in [0.1, 0.15) is 0 Å². The maximum atomic E-state index is 13.2. The first-order chi connectivity index (χ1) is 16.0. The van der Waals surface area contributed by atoms with Gasteiger partial charge in [0.25, 0.3) is 5.91 Å². The third-order valence-electron chi connectivity index (χ3n) is 5.88. The zero-order valence-corrected chi connectivity index (χ0v) is 19.5. The van der Waals surface area contributed by atoms with E-state index in [1.165, 1.54) is 0 Å². The van der Waals surface area contributed by atoms with E-state index in [9.17, 15) is 9.59 Å². The lowest BCUT2D eigenvalue weighted by Gasteiger charge is -2.27. The molecule has 8 heteroatoms. The molecule has 2 aromatic heterocycles. The molecule has 0 fully saturated rings. The quantitative estimate of drug-likeness (QED) is 0.491. The zero-order chi connectivity index (χ0) is 23.4. The Balaban J connectivity index is 1.52. The van der Waals surface area contributed by atoms with Gasteiger partial charge in [-0.2, -0.15) is 10.2 Å². The van der Waals surface area contributed by atoms with Crippen molar-refractivity contribution in [2.75, 3.05) is 13.2 Å². The molecule has 1 aliphatic rings. The highest BCUT2D eigenvalue weighted by Gasteiger charge is 2.31. The summed E-state index contributed by atoms with van der Waals surface area (Å²) in [5.74, 6) is 0.0108. The topological polar surface area (TPSA) is 82.2 Å². The molecule has 174 valence electrons. The second-order valence-electron chi connectivity index (χ2n) is 8.79. The second-order valence-corrected chi connectivity index (χ2v) is 8.79. The first-order valence-electron chi connectivity index (χ1n) is 11.6. The van der Waals surface area contributed by atoms with E-state index in [0.717, 1.165) is 29.8 Å². The average Bonchev–Trinajstić information content (AvgIpc) is 3.42. The Morgan fingerprint density at radius 1 is 1.18 bits per heavy atom. The molecule has 1 amide bonds. The summed E-state index contributed by atoms with van der Waals surface area (Å²) in [4.78, 5) is 27.6. The predicted molar refractivity (Wildman–Crippen MR) is 124 cm³/mol. The Kier molecular flexibility index (Phi) is 6.91. The molecule has 1 aliphatic heterocycles. The van der Waals surface area contributed by atoms with E-state index in [0.29, 0.717) is 43.2 Å². The van der Waals surface area contributed by atoms with Crippen LogP contribution in [0.1, 0.15) is 64.9 Å². The fourth-order valence-corrected chi connectivity index (χ4v) is 4.11. The van der Waals surface area contributed by atoms with Gasteiger partial charge in [0.15, 0.2) is 5.69 Å². The van der Waals surface area contributed by atoms with Crippen molar-refractivity contribution in [3.05, 3.63) is 70.8 Å². The summed E-state index contributed by atoms with van der Waals surface area (Å²) in [5.41, 5.74) is 3.82. The fraction of sp³-hybridized carbons (Fsp3) is 0.440. The Morgan fingerprint density at radius 3 is 2.70 bits per heavy atom. The van der Waals surface area contributed by atoms with Crippen LogP contribution in [-0.4, -0.2) is 49.5 Å². The van der Waals surface area contributed by atoms with Crippen molar-refractivity contribution in [3.63, 3.8) is 0 Å². The van der Waals surface area contributed by atoms with Crippen molar-refractivity contribution < 1.29 is 14.3 Å². The number of carbonyl (C=O) groups is 2. The van der Waals surface area contributed by atoms with Gasteiger partial charge in [0.2, 0.25) is 0 Å². The number of esters is 1. The normalized spacial score (nSPS) is 13.3. The molecule has 1 aromatic carbocycles. The number of aromatic nitrogens is 4. The number of rotatable bonds is 8. The zero-order valence-electron chi connectivity index (χ0n) is 19.5. The number of hydrogen-bond donors (Lipinski definition) is 0. The third kappa shape index (κ3) is 5.16. The molecule has 0 spiro atoms.